The Bertz CT molecular complexity index is 549. The van der Waals surface area contributed by atoms with E-state index in [-0.39, 0.29) is 0 Å². The molecule has 112 valence electrons. The fraction of sp³-hybridized carbons (Fsp3) is 0.643. The summed E-state index contributed by atoms with van der Waals surface area (Å²) < 4.78 is 24.5. The average Bonchev–Trinajstić information content (AvgIpc) is 2.38. The molecule has 6 heteroatoms. The van der Waals surface area contributed by atoms with Crippen LogP contribution in [0, 0.1) is 0 Å². The highest BCUT2D eigenvalue weighted by Gasteiger charge is 2.24. The Hall–Kier alpha value is -1.14. The van der Waals surface area contributed by atoms with Gasteiger partial charge >= 0.3 is 0 Å². The van der Waals surface area contributed by atoms with Crippen LogP contribution in [0.4, 0.5) is 5.69 Å². The van der Waals surface area contributed by atoms with Crippen molar-refractivity contribution in [2.45, 2.75) is 38.6 Å². The van der Waals surface area contributed by atoms with E-state index in [9.17, 15) is 8.42 Å². The first kappa shape index (κ1) is 15.3. The number of anilines is 1. The Balaban J connectivity index is 1.94. The third-order valence-corrected chi connectivity index (χ3v) is 5.02. The van der Waals surface area contributed by atoms with Crippen LogP contribution in [0.25, 0.3) is 0 Å². The molecule has 1 N–H and O–H groups in total. The third-order valence-electron chi connectivity index (χ3n) is 3.72. The minimum atomic E-state index is -3.05. The Morgan fingerprint density at radius 2 is 1.95 bits per heavy atom. The van der Waals surface area contributed by atoms with Crippen molar-refractivity contribution in [2.24, 2.45) is 0 Å². The Morgan fingerprint density at radius 1 is 1.30 bits per heavy atom. The van der Waals surface area contributed by atoms with Crippen LogP contribution in [-0.4, -0.2) is 43.1 Å². The first-order valence-corrected chi connectivity index (χ1v) is 8.87. The lowest BCUT2D eigenvalue weighted by Crippen LogP contribution is -2.41. The van der Waals surface area contributed by atoms with E-state index in [4.69, 9.17) is 0 Å². The average molecular weight is 297 g/mol. The van der Waals surface area contributed by atoms with Crippen LogP contribution < -0.4 is 5.32 Å². The first-order chi connectivity index (χ1) is 9.36. The fourth-order valence-corrected chi connectivity index (χ4v) is 3.29. The predicted molar refractivity (Wildman–Crippen MR) is 81.4 cm³/mol. The van der Waals surface area contributed by atoms with E-state index in [0.29, 0.717) is 25.0 Å². The van der Waals surface area contributed by atoms with Crippen molar-refractivity contribution in [3.05, 3.63) is 24.0 Å². The maximum Gasteiger partial charge on any atom is 0.211 e. The molecule has 0 radical (unpaired) electrons. The van der Waals surface area contributed by atoms with Crippen LogP contribution in [-0.2, 0) is 10.0 Å². The smallest absolute Gasteiger partial charge is 0.211 e. The first-order valence-electron chi connectivity index (χ1n) is 7.03. The number of hydrogen-bond donors (Lipinski definition) is 1. The maximum atomic E-state index is 11.5. The number of nitrogens with zero attached hydrogens (tertiary/aromatic N) is 2. The monoisotopic (exact) mass is 297 g/mol. The van der Waals surface area contributed by atoms with E-state index >= 15 is 0 Å². The van der Waals surface area contributed by atoms with Gasteiger partial charge in [0.2, 0.25) is 10.0 Å². The van der Waals surface area contributed by atoms with E-state index in [1.807, 2.05) is 12.4 Å². The standard InChI is InChI=1S/C14H23N3O2S/c1-11(2)12-8-14(10-15-9-12)16-13-4-6-17(7-5-13)20(3,18)19/h8-11,13,16H,4-7H2,1-3H3. The van der Waals surface area contributed by atoms with Gasteiger partial charge in [0.15, 0.2) is 0 Å². The summed E-state index contributed by atoms with van der Waals surface area (Å²) in [5.41, 5.74) is 2.23. The molecule has 0 amide bonds. The summed E-state index contributed by atoms with van der Waals surface area (Å²) in [6, 6.07) is 2.44. The van der Waals surface area contributed by atoms with Crippen LogP contribution in [0.2, 0.25) is 0 Å². The second-order valence-electron chi connectivity index (χ2n) is 5.74. The molecule has 5 nitrogen and oxygen atoms in total. The molecule has 2 heterocycles. The normalized spacial score (nSPS) is 18.4. The minimum Gasteiger partial charge on any atom is -0.381 e. The Morgan fingerprint density at radius 3 is 2.50 bits per heavy atom. The van der Waals surface area contributed by atoms with Gasteiger partial charge in [0.05, 0.1) is 11.9 Å². The van der Waals surface area contributed by atoms with Crippen molar-refractivity contribution in [3.63, 3.8) is 0 Å². The lowest BCUT2D eigenvalue weighted by Gasteiger charge is -2.31. The van der Waals surface area contributed by atoms with Gasteiger partial charge in [-0.25, -0.2) is 12.7 Å². The minimum absolute atomic E-state index is 0.317. The van der Waals surface area contributed by atoms with Gasteiger partial charge < -0.3 is 5.32 Å². The van der Waals surface area contributed by atoms with Crippen molar-refractivity contribution in [1.82, 2.24) is 9.29 Å². The molecule has 0 saturated carbocycles. The molecule has 2 rings (SSSR count). The number of sulfonamides is 1. The van der Waals surface area contributed by atoms with Gasteiger partial charge in [0.1, 0.15) is 0 Å². The molecule has 20 heavy (non-hydrogen) atoms. The summed E-state index contributed by atoms with van der Waals surface area (Å²) in [7, 11) is -3.05. The highest BCUT2D eigenvalue weighted by molar-refractivity contribution is 7.88. The van der Waals surface area contributed by atoms with Crippen LogP contribution in [0.3, 0.4) is 0 Å². The number of nitrogens with one attached hydrogen (secondary N) is 1. The number of rotatable bonds is 4. The molecular formula is C14H23N3O2S. The highest BCUT2D eigenvalue weighted by atomic mass is 32.2. The van der Waals surface area contributed by atoms with Gasteiger partial charge in [0.25, 0.3) is 0 Å². The van der Waals surface area contributed by atoms with Gasteiger partial charge in [-0.05, 0) is 30.4 Å². The van der Waals surface area contributed by atoms with Crippen molar-refractivity contribution < 1.29 is 8.42 Å². The van der Waals surface area contributed by atoms with E-state index in [0.717, 1.165) is 18.5 Å². The van der Waals surface area contributed by atoms with Gasteiger partial charge in [-0.1, -0.05) is 13.8 Å². The highest BCUT2D eigenvalue weighted by Crippen LogP contribution is 2.21. The maximum absolute atomic E-state index is 11.5. The van der Waals surface area contributed by atoms with Gasteiger partial charge in [0, 0.05) is 31.5 Å². The van der Waals surface area contributed by atoms with E-state index in [1.165, 1.54) is 11.8 Å². The molecule has 0 aromatic carbocycles. The van der Waals surface area contributed by atoms with E-state index in [2.05, 4.69) is 30.2 Å². The van der Waals surface area contributed by atoms with Crippen molar-refractivity contribution >= 4 is 15.7 Å². The van der Waals surface area contributed by atoms with Crippen LogP contribution in [0.15, 0.2) is 18.5 Å². The molecule has 1 aliphatic heterocycles. The molecule has 0 atom stereocenters. The summed E-state index contributed by atoms with van der Waals surface area (Å²) >= 11 is 0. The Kier molecular flexibility index (Phi) is 4.65. The molecule has 0 bridgehead atoms. The van der Waals surface area contributed by atoms with Gasteiger partial charge in [-0.2, -0.15) is 0 Å². The summed E-state index contributed by atoms with van der Waals surface area (Å²) in [5, 5.41) is 3.46. The second-order valence-corrected chi connectivity index (χ2v) is 7.72. The van der Waals surface area contributed by atoms with Gasteiger partial charge in [-0.3, -0.25) is 4.98 Å². The Labute approximate surface area is 121 Å². The van der Waals surface area contributed by atoms with Crippen molar-refractivity contribution in [3.8, 4) is 0 Å². The number of hydrogen-bond acceptors (Lipinski definition) is 4. The SMILES string of the molecule is CC(C)c1cncc(NC2CCN(S(C)(=O)=O)CC2)c1. The second kappa shape index (κ2) is 6.10. The molecule has 0 aliphatic carbocycles. The molecule has 1 saturated heterocycles. The molecule has 1 aromatic heterocycles. The molecule has 0 spiro atoms. The largest absolute Gasteiger partial charge is 0.381 e. The van der Waals surface area contributed by atoms with E-state index in [1.54, 1.807) is 4.31 Å². The summed E-state index contributed by atoms with van der Waals surface area (Å²) in [4.78, 5) is 4.26. The summed E-state index contributed by atoms with van der Waals surface area (Å²) in [6.45, 7) is 5.47. The van der Waals surface area contributed by atoms with Gasteiger partial charge in [-0.15, -0.1) is 0 Å². The lowest BCUT2D eigenvalue weighted by atomic mass is 10.0. The topological polar surface area (TPSA) is 62.3 Å². The summed E-state index contributed by atoms with van der Waals surface area (Å²) in [6.07, 6.45) is 6.66. The zero-order chi connectivity index (χ0) is 14.8. The van der Waals surface area contributed by atoms with E-state index < -0.39 is 10.0 Å². The fourth-order valence-electron chi connectivity index (χ4n) is 2.42. The number of aromatic nitrogens is 1. The molecular weight excluding hydrogens is 274 g/mol. The molecule has 1 aromatic rings. The predicted octanol–water partition coefficient (Wildman–Crippen LogP) is 2.04. The quantitative estimate of drug-likeness (QED) is 0.924. The third kappa shape index (κ3) is 3.93. The number of piperidine rings is 1. The van der Waals surface area contributed by atoms with Crippen molar-refractivity contribution in [1.29, 1.82) is 0 Å². The van der Waals surface area contributed by atoms with Crippen LogP contribution >= 0.6 is 0 Å². The molecule has 0 unspecified atom stereocenters. The van der Waals surface area contributed by atoms with Crippen LogP contribution in [0.5, 0.6) is 0 Å². The molecule has 1 fully saturated rings. The zero-order valence-electron chi connectivity index (χ0n) is 12.3. The summed E-state index contributed by atoms with van der Waals surface area (Å²) in [5.74, 6) is 0.455. The number of pyridine rings is 1. The zero-order valence-corrected chi connectivity index (χ0v) is 13.2. The molecule has 1 aliphatic rings. The van der Waals surface area contributed by atoms with Crippen LogP contribution in [0.1, 0.15) is 38.2 Å². The lowest BCUT2D eigenvalue weighted by molar-refractivity contribution is 0.332. The van der Waals surface area contributed by atoms with Crippen molar-refractivity contribution in [2.75, 3.05) is 24.7 Å².